The van der Waals surface area contributed by atoms with Crippen LogP contribution in [0.15, 0.2) is 88.7 Å². The van der Waals surface area contributed by atoms with E-state index in [0.717, 1.165) is 4.90 Å². The quantitative estimate of drug-likeness (QED) is 0.442. The molecule has 0 saturated carbocycles. The van der Waals surface area contributed by atoms with Crippen LogP contribution >= 0.6 is 11.8 Å². The van der Waals surface area contributed by atoms with Crippen LogP contribution in [0.25, 0.3) is 5.65 Å². The molecule has 1 amide bonds. The number of pyridine rings is 1. The maximum Gasteiger partial charge on any atom is 0.258 e. The van der Waals surface area contributed by atoms with E-state index in [-0.39, 0.29) is 18.1 Å². The van der Waals surface area contributed by atoms with E-state index in [0.29, 0.717) is 28.5 Å². The number of para-hydroxylation sites is 2. The third-order valence-electron chi connectivity index (χ3n) is 4.55. The summed E-state index contributed by atoms with van der Waals surface area (Å²) in [4.78, 5) is 30.2. The van der Waals surface area contributed by atoms with Gasteiger partial charge in [0.05, 0.1) is 17.1 Å². The number of rotatable bonds is 7. The highest BCUT2D eigenvalue weighted by Gasteiger charge is 2.10. The second-order valence-electron chi connectivity index (χ2n) is 6.95. The summed E-state index contributed by atoms with van der Waals surface area (Å²) in [5.41, 5.74) is 2.67. The monoisotopic (exact) mass is 431 g/mol. The van der Waals surface area contributed by atoms with E-state index in [1.807, 2.05) is 49.4 Å². The highest BCUT2D eigenvalue weighted by atomic mass is 32.2. The maximum atomic E-state index is 12.4. The van der Waals surface area contributed by atoms with Crippen LogP contribution in [-0.2, 0) is 11.4 Å². The number of aryl methyl sites for hydroxylation is 1. The smallest absolute Gasteiger partial charge is 0.258 e. The first-order valence-electron chi connectivity index (χ1n) is 9.77. The molecule has 31 heavy (non-hydrogen) atoms. The van der Waals surface area contributed by atoms with Crippen LogP contribution in [-0.4, -0.2) is 21.0 Å². The van der Waals surface area contributed by atoms with Crippen LogP contribution in [0.1, 0.15) is 11.3 Å². The predicted molar refractivity (Wildman–Crippen MR) is 123 cm³/mol. The van der Waals surface area contributed by atoms with Crippen LogP contribution in [0.4, 0.5) is 5.69 Å². The Morgan fingerprint density at radius 1 is 1.06 bits per heavy atom. The fourth-order valence-corrected chi connectivity index (χ4v) is 3.69. The molecule has 0 atom stereocenters. The SMILES string of the molecule is Cc1ccc(SCC(=O)Nc2ccccc2OCc2cc(=O)n3ccccc3n2)cc1. The summed E-state index contributed by atoms with van der Waals surface area (Å²) in [5, 5.41) is 2.90. The molecule has 0 aliphatic heterocycles. The molecule has 0 saturated heterocycles. The van der Waals surface area contributed by atoms with Gasteiger partial charge >= 0.3 is 0 Å². The van der Waals surface area contributed by atoms with Gasteiger partial charge in [-0.25, -0.2) is 4.98 Å². The van der Waals surface area contributed by atoms with Gasteiger partial charge in [0.2, 0.25) is 5.91 Å². The van der Waals surface area contributed by atoms with E-state index in [1.165, 1.54) is 27.8 Å². The first kappa shape index (κ1) is 20.7. The average Bonchev–Trinajstić information content (AvgIpc) is 2.78. The Kier molecular flexibility index (Phi) is 6.33. The third-order valence-corrected chi connectivity index (χ3v) is 5.56. The molecule has 2 aromatic carbocycles. The Balaban J connectivity index is 1.41. The van der Waals surface area contributed by atoms with Gasteiger partial charge in [0.25, 0.3) is 5.56 Å². The first-order valence-corrected chi connectivity index (χ1v) is 10.8. The molecule has 156 valence electrons. The van der Waals surface area contributed by atoms with Crippen molar-refractivity contribution in [2.45, 2.75) is 18.4 Å². The molecule has 0 unspecified atom stereocenters. The van der Waals surface area contributed by atoms with Crippen LogP contribution < -0.4 is 15.6 Å². The van der Waals surface area contributed by atoms with E-state index in [4.69, 9.17) is 4.74 Å². The number of hydrogen-bond acceptors (Lipinski definition) is 5. The summed E-state index contributed by atoms with van der Waals surface area (Å²) >= 11 is 1.48. The number of carbonyl (C=O) groups excluding carboxylic acids is 1. The van der Waals surface area contributed by atoms with Crippen molar-refractivity contribution in [1.29, 1.82) is 0 Å². The van der Waals surface area contributed by atoms with Gasteiger partial charge in [0.1, 0.15) is 18.0 Å². The van der Waals surface area contributed by atoms with Crippen molar-refractivity contribution in [1.82, 2.24) is 9.38 Å². The number of aromatic nitrogens is 2. The predicted octanol–water partition coefficient (Wildman–Crippen LogP) is 4.31. The fourth-order valence-electron chi connectivity index (χ4n) is 2.99. The fraction of sp³-hybridized carbons (Fsp3) is 0.125. The molecule has 0 bridgehead atoms. The van der Waals surface area contributed by atoms with E-state index < -0.39 is 0 Å². The van der Waals surface area contributed by atoms with Crippen molar-refractivity contribution < 1.29 is 9.53 Å². The molecule has 4 rings (SSSR count). The Bertz CT molecular complexity index is 1270. The standard InChI is InChI=1S/C24H21N3O3S/c1-17-9-11-19(12-10-17)31-16-23(28)26-20-6-2-3-7-21(20)30-15-18-14-24(29)27-13-5-4-8-22(27)25-18/h2-14H,15-16H2,1H3,(H,26,28). The summed E-state index contributed by atoms with van der Waals surface area (Å²) in [6.45, 7) is 2.15. The molecule has 2 aromatic heterocycles. The van der Waals surface area contributed by atoms with Crippen LogP contribution in [0.3, 0.4) is 0 Å². The second-order valence-corrected chi connectivity index (χ2v) is 8.00. The molecule has 4 aromatic rings. The Morgan fingerprint density at radius 2 is 1.84 bits per heavy atom. The molecule has 0 aliphatic carbocycles. The minimum absolute atomic E-state index is 0.117. The van der Waals surface area contributed by atoms with Crippen molar-refractivity contribution in [3.05, 3.63) is 101 Å². The number of ether oxygens (including phenoxy) is 1. The Morgan fingerprint density at radius 3 is 2.68 bits per heavy atom. The van der Waals surface area contributed by atoms with Crippen molar-refractivity contribution in [2.75, 3.05) is 11.1 Å². The third kappa shape index (κ3) is 5.32. The minimum atomic E-state index is -0.168. The molecule has 0 fully saturated rings. The van der Waals surface area contributed by atoms with E-state index in [2.05, 4.69) is 10.3 Å². The topological polar surface area (TPSA) is 72.7 Å². The van der Waals surface area contributed by atoms with Crippen LogP contribution in [0.5, 0.6) is 5.75 Å². The molecule has 7 heteroatoms. The highest BCUT2D eigenvalue weighted by Crippen LogP contribution is 2.25. The number of nitrogens with one attached hydrogen (secondary N) is 1. The van der Waals surface area contributed by atoms with Gasteiger partial charge in [-0.1, -0.05) is 35.9 Å². The van der Waals surface area contributed by atoms with Gasteiger partial charge in [-0.2, -0.15) is 0 Å². The molecule has 6 nitrogen and oxygen atoms in total. The number of anilines is 1. The lowest BCUT2D eigenvalue weighted by Crippen LogP contribution is -2.17. The van der Waals surface area contributed by atoms with Crippen molar-refractivity contribution >= 4 is 29.0 Å². The number of hydrogen-bond donors (Lipinski definition) is 1. The van der Waals surface area contributed by atoms with Crippen molar-refractivity contribution in [2.24, 2.45) is 0 Å². The van der Waals surface area contributed by atoms with Gasteiger partial charge in [-0.05, 0) is 43.3 Å². The Hall–Kier alpha value is -3.58. The number of thioether (sulfide) groups is 1. The molecule has 1 N–H and O–H groups in total. The summed E-state index contributed by atoms with van der Waals surface area (Å²) in [5.74, 6) is 0.690. The van der Waals surface area contributed by atoms with Crippen LogP contribution in [0.2, 0.25) is 0 Å². The number of amides is 1. The van der Waals surface area contributed by atoms with Gasteiger partial charge < -0.3 is 10.1 Å². The van der Waals surface area contributed by atoms with Crippen molar-refractivity contribution in [3.63, 3.8) is 0 Å². The Labute approximate surface area is 183 Å². The maximum absolute atomic E-state index is 12.4. The van der Waals surface area contributed by atoms with Gasteiger partial charge in [-0.15, -0.1) is 11.8 Å². The van der Waals surface area contributed by atoms with Gasteiger partial charge in [-0.3, -0.25) is 14.0 Å². The molecule has 0 spiro atoms. The highest BCUT2D eigenvalue weighted by molar-refractivity contribution is 8.00. The lowest BCUT2D eigenvalue weighted by Gasteiger charge is -2.12. The summed E-state index contributed by atoms with van der Waals surface area (Å²) in [6.07, 6.45) is 1.68. The largest absolute Gasteiger partial charge is 0.485 e. The molecular formula is C24H21N3O3S. The number of carbonyl (C=O) groups is 1. The minimum Gasteiger partial charge on any atom is -0.485 e. The summed E-state index contributed by atoms with van der Waals surface area (Å²) < 4.78 is 7.35. The molecule has 0 radical (unpaired) electrons. The van der Waals surface area contributed by atoms with Gasteiger partial charge in [0, 0.05) is 17.2 Å². The number of nitrogens with zero attached hydrogens (tertiary/aromatic N) is 2. The van der Waals surface area contributed by atoms with E-state index in [1.54, 1.807) is 30.5 Å². The zero-order valence-electron chi connectivity index (χ0n) is 16.9. The molecular weight excluding hydrogens is 410 g/mol. The summed E-state index contributed by atoms with van der Waals surface area (Å²) in [7, 11) is 0. The lowest BCUT2D eigenvalue weighted by molar-refractivity contribution is -0.113. The first-order chi connectivity index (χ1) is 15.1. The summed E-state index contributed by atoms with van der Waals surface area (Å²) in [6, 6.07) is 22.1. The number of benzene rings is 2. The zero-order chi connectivity index (χ0) is 21.6. The average molecular weight is 432 g/mol. The number of fused-ring (bicyclic) bond motifs is 1. The molecule has 0 aliphatic rings. The van der Waals surface area contributed by atoms with Gasteiger partial charge in [0.15, 0.2) is 0 Å². The van der Waals surface area contributed by atoms with E-state index >= 15 is 0 Å². The van der Waals surface area contributed by atoms with Crippen LogP contribution in [0, 0.1) is 6.92 Å². The lowest BCUT2D eigenvalue weighted by atomic mass is 10.2. The zero-order valence-corrected chi connectivity index (χ0v) is 17.8. The second kappa shape index (κ2) is 9.49. The van der Waals surface area contributed by atoms with Crippen molar-refractivity contribution in [3.8, 4) is 5.75 Å². The van der Waals surface area contributed by atoms with E-state index in [9.17, 15) is 9.59 Å². The molecule has 2 heterocycles. The normalized spacial score (nSPS) is 10.7.